The molecule has 13 heteroatoms. The SMILES string of the molecule is CC/C=C/[C@H](C[C@H](O)CC(=O)[C@@H](O)[C@H](O)[C@H](C)/C(Br)=C/C=C/C=C(C)/C=C/C=C/C(=O)O[C@@H]1C[C@@H](C(=O)O)CC[C@@H]1O)OC(N)=O. The smallest absolute Gasteiger partial charge is 0.405 e. The van der Waals surface area contributed by atoms with Gasteiger partial charge in [0.2, 0.25) is 0 Å². The number of carbonyl (C=O) groups is 4. The first-order chi connectivity index (χ1) is 21.7. The summed E-state index contributed by atoms with van der Waals surface area (Å²) < 4.78 is 10.6. The van der Waals surface area contributed by atoms with E-state index in [4.69, 9.17) is 20.3 Å². The predicted octanol–water partition coefficient (Wildman–Crippen LogP) is 3.54. The Balaban J connectivity index is 2.61. The normalized spacial score (nSPS) is 23.0. The minimum Gasteiger partial charge on any atom is -0.481 e. The number of aliphatic hydroxyl groups is 4. The Morgan fingerprint density at radius 3 is 2.30 bits per heavy atom. The number of primary amides is 1. The van der Waals surface area contributed by atoms with Crippen LogP contribution in [0.25, 0.3) is 0 Å². The summed E-state index contributed by atoms with van der Waals surface area (Å²) in [5, 5.41) is 50.4. The van der Waals surface area contributed by atoms with E-state index in [0.717, 1.165) is 5.57 Å². The molecule has 1 aliphatic carbocycles. The molecule has 256 valence electrons. The maximum atomic E-state index is 12.5. The summed E-state index contributed by atoms with van der Waals surface area (Å²) in [4.78, 5) is 46.8. The van der Waals surface area contributed by atoms with Crippen molar-refractivity contribution in [3.63, 3.8) is 0 Å². The molecule has 1 fully saturated rings. The second kappa shape index (κ2) is 21.4. The van der Waals surface area contributed by atoms with E-state index in [1.165, 1.54) is 12.2 Å². The van der Waals surface area contributed by atoms with Crippen LogP contribution >= 0.6 is 15.9 Å². The van der Waals surface area contributed by atoms with Gasteiger partial charge in [0, 0.05) is 35.7 Å². The molecule has 8 atom stereocenters. The first-order valence-corrected chi connectivity index (χ1v) is 15.8. The van der Waals surface area contributed by atoms with Crippen molar-refractivity contribution in [3.05, 3.63) is 70.8 Å². The van der Waals surface area contributed by atoms with Gasteiger partial charge in [-0.15, -0.1) is 0 Å². The number of ketones is 1. The maximum Gasteiger partial charge on any atom is 0.405 e. The van der Waals surface area contributed by atoms with E-state index in [2.05, 4.69) is 15.9 Å². The molecule has 0 aromatic heterocycles. The van der Waals surface area contributed by atoms with Gasteiger partial charge in [-0.1, -0.05) is 84.0 Å². The van der Waals surface area contributed by atoms with Gasteiger partial charge in [-0.25, -0.2) is 9.59 Å². The van der Waals surface area contributed by atoms with Gasteiger partial charge in [-0.3, -0.25) is 9.59 Å². The van der Waals surface area contributed by atoms with Crippen molar-refractivity contribution in [1.29, 1.82) is 0 Å². The molecule has 0 radical (unpaired) electrons. The lowest BCUT2D eigenvalue weighted by molar-refractivity contribution is -0.159. The minimum absolute atomic E-state index is 0.0695. The molecule has 12 nitrogen and oxygen atoms in total. The standard InChI is InChI=1S/C33H46BrNO11/c1-4-5-12-24(45-33(35)44)18-23(36)19-27(38)31(41)30(40)21(3)25(34)13-8-6-10-20(2)11-7-9-14-29(39)46-28-17-22(32(42)43)15-16-26(28)37/h5-14,21-24,26,28,30-31,36-37,40-41H,4,15-19H2,1-3H3,(H2,35,44)(H,42,43)/b8-6+,11-7+,12-5+,14-9+,20-10+,25-13-/t21-,22+,23+,24-,26+,28-,30-,31-/m1/s1. The van der Waals surface area contributed by atoms with Crippen LogP contribution in [0.15, 0.2) is 70.8 Å². The van der Waals surface area contributed by atoms with Crippen molar-refractivity contribution in [3.8, 4) is 0 Å². The third-order valence-corrected chi connectivity index (χ3v) is 8.18. The Labute approximate surface area is 277 Å². The van der Waals surface area contributed by atoms with Crippen LogP contribution in [-0.2, 0) is 23.9 Å². The summed E-state index contributed by atoms with van der Waals surface area (Å²) in [6, 6.07) is 0. The molecular weight excluding hydrogens is 666 g/mol. The van der Waals surface area contributed by atoms with Gasteiger partial charge in [0.15, 0.2) is 5.78 Å². The van der Waals surface area contributed by atoms with E-state index >= 15 is 0 Å². The van der Waals surface area contributed by atoms with Gasteiger partial charge in [-0.2, -0.15) is 0 Å². The van der Waals surface area contributed by atoms with Gasteiger partial charge >= 0.3 is 18.0 Å². The number of Topliss-reactive ketones (excluding diaryl/α,β-unsaturated/α-hetero) is 1. The molecule has 46 heavy (non-hydrogen) atoms. The average Bonchev–Trinajstić information content (AvgIpc) is 2.99. The second-order valence-electron chi connectivity index (χ2n) is 11.1. The number of carbonyl (C=O) groups excluding carboxylic acids is 3. The molecule has 1 aliphatic rings. The Kier molecular flexibility index (Phi) is 19.0. The second-order valence-corrected chi connectivity index (χ2v) is 12.0. The number of ether oxygens (including phenoxy) is 2. The average molecular weight is 713 g/mol. The summed E-state index contributed by atoms with van der Waals surface area (Å²) in [6.45, 7) is 5.30. The third-order valence-electron chi connectivity index (χ3n) is 7.20. The number of hydrogen-bond acceptors (Lipinski definition) is 10. The molecule has 0 aliphatic heterocycles. The summed E-state index contributed by atoms with van der Waals surface area (Å²) >= 11 is 3.35. The molecule has 1 rings (SSSR count). The molecule has 0 unspecified atom stereocenters. The fourth-order valence-corrected chi connectivity index (χ4v) is 4.91. The van der Waals surface area contributed by atoms with E-state index in [-0.39, 0.29) is 19.3 Å². The third kappa shape index (κ3) is 15.8. The fourth-order valence-electron chi connectivity index (χ4n) is 4.49. The van der Waals surface area contributed by atoms with Crippen LogP contribution in [0.1, 0.15) is 59.3 Å². The fraction of sp³-hybridized carbons (Fsp3) is 0.515. The zero-order chi connectivity index (χ0) is 34.8. The topological polar surface area (TPSA) is 214 Å². The molecule has 1 saturated carbocycles. The highest BCUT2D eigenvalue weighted by atomic mass is 79.9. The van der Waals surface area contributed by atoms with E-state index in [1.807, 2.05) is 13.8 Å². The minimum atomic E-state index is -1.76. The van der Waals surface area contributed by atoms with Gasteiger partial charge < -0.3 is 40.7 Å². The molecule has 7 N–H and O–H groups in total. The number of esters is 1. The van der Waals surface area contributed by atoms with Crippen LogP contribution in [0.2, 0.25) is 0 Å². The largest absolute Gasteiger partial charge is 0.481 e. The van der Waals surface area contributed by atoms with Gasteiger partial charge in [0.05, 0.1) is 24.2 Å². The number of halogens is 1. The maximum absolute atomic E-state index is 12.5. The number of nitrogens with two attached hydrogens (primary N) is 1. The molecule has 0 spiro atoms. The van der Waals surface area contributed by atoms with E-state index < -0.39 is 78.7 Å². The van der Waals surface area contributed by atoms with E-state index in [0.29, 0.717) is 17.3 Å². The van der Waals surface area contributed by atoms with Crippen LogP contribution < -0.4 is 5.73 Å². The van der Waals surface area contributed by atoms with Crippen LogP contribution in [-0.4, -0.2) is 86.0 Å². The highest BCUT2D eigenvalue weighted by Crippen LogP contribution is 2.27. The number of aliphatic carboxylic acids is 1. The van der Waals surface area contributed by atoms with E-state index in [9.17, 15) is 39.6 Å². The Morgan fingerprint density at radius 1 is 1.02 bits per heavy atom. The van der Waals surface area contributed by atoms with Crippen molar-refractivity contribution >= 4 is 39.7 Å². The Bertz CT molecular complexity index is 1210. The van der Waals surface area contributed by atoms with Crippen molar-refractivity contribution in [2.45, 2.75) is 95.9 Å². The van der Waals surface area contributed by atoms with Crippen LogP contribution in [0.4, 0.5) is 4.79 Å². The highest BCUT2D eigenvalue weighted by Gasteiger charge is 2.35. The zero-order valence-corrected chi connectivity index (χ0v) is 27.9. The van der Waals surface area contributed by atoms with Gasteiger partial charge in [0.1, 0.15) is 18.3 Å². The molecule has 1 amide bonds. The Hall–Kier alpha value is -3.36. The lowest BCUT2D eigenvalue weighted by Crippen LogP contribution is -2.40. The number of allylic oxidation sites excluding steroid dienone is 9. The lowest BCUT2D eigenvalue weighted by Gasteiger charge is -2.30. The van der Waals surface area contributed by atoms with Crippen molar-refractivity contribution in [1.82, 2.24) is 0 Å². The number of aliphatic hydroxyl groups excluding tert-OH is 4. The molecule has 0 aromatic carbocycles. The highest BCUT2D eigenvalue weighted by molar-refractivity contribution is 9.11. The summed E-state index contributed by atoms with van der Waals surface area (Å²) in [5.74, 6) is -3.75. The van der Waals surface area contributed by atoms with Gasteiger partial charge in [0.25, 0.3) is 0 Å². The monoisotopic (exact) mass is 711 g/mol. The van der Waals surface area contributed by atoms with Crippen molar-refractivity contribution < 1.29 is 54.2 Å². The molecule has 0 saturated heterocycles. The zero-order valence-electron chi connectivity index (χ0n) is 26.3. The first-order valence-electron chi connectivity index (χ1n) is 15.0. The molecule has 0 aromatic rings. The number of carboxylic acid groups (broad SMARTS) is 1. The molecule has 0 bridgehead atoms. The Morgan fingerprint density at radius 2 is 1.67 bits per heavy atom. The summed E-state index contributed by atoms with van der Waals surface area (Å²) in [6.07, 6.45) is 8.76. The van der Waals surface area contributed by atoms with Crippen LogP contribution in [0.5, 0.6) is 0 Å². The number of carboxylic acids is 1. The van der Waals surface area contributed by atoms with E-state index in [1.54, 1.807) is 55.5 Å². The quantitative estimate of drug-likeness (QED) is 0.0523. The van der Waals surface area contributed by atoms with Crippen LogP contribution in [0.3, 0.4) is 0 Å². The lowest BCUT2D eigenvalue weighted by atomic mass is 9.85. The van der Waals surface area contributed by atoms with Gasteiger partial charge in [-0.05, 0) is 32.3 Å². The first kappa shape index (κ1) is 40.7. The molecule has 0 heterocycles. The van der Waals surface area contributed by atoms with Crippen molar-refractivity contribution in [2.24, 2.45) is 17.6 Å². The number of amides is 1. The van der Waals surface area contributed by atoms with Crippen LogP contribution in [0, 0.1) is 11.8 Å². The number of rotatable bonds is 18. The molecular formula is C33H46BrNO11. The summed E-state index contributed by atoms with van der Waals surface area (Å²) in [5.41, 5.74) is 5.87. The van der Waals surface area contributed by atoms with Crippen molar-refractivity contribution in [2.75, 3.05) is 0 Å². The predicted molar refractivity (Wildman–Crippen MR) is 174 cm³/mol. The summed E-state index contributed by atoms with van der Waals surface area (Å²) in [7, 11) is 0. The number of hydrogen-bond donors (Lipinski definition) is 6.